The Morgan fingerprint density at radius 2 is 1.46 bits per heavy atom. The minimum Gasteiger partial charge on any atom is -0.351 e. The highest BCUT2D eigenvalue weighted by Crippen LogP contribution is 2.45. The summed E-state index contributed by atoms with van der Waals surface area (Å²) in [5.74, 6) is -0.251. The number of nitrogens with two attached hydrogens (primary N) is 1. The minimum absolute atomic E-state index is 0.0676. The summed E-state index contributed by atoms with van der Waals surface area (Å²) >= 11 is 0. The monoisotopic (exact) mass is 496 g/mol. The molecule has 190 valence electrons. The number of rotatable bonds is 6. The lowest BCUT2D eigenvalue weighted by Gasteiger charge is -2.54. The zero-order chi connectivity index (χ0) is 25.8. The SMILES string of the molecule is NC(=O)N1CCC2(CC1)c1ccccc1CC(=O)N2[C@@H](Cc1ccccc1)C(=O)NCc1ccccc1. The number of piperidine rings is 1. The lowest BCUT2D eigenvalue weighted by atomic mass is 9.72. The summed E-state index contributed by atoms with van der Waals surface area (Å²) in [5.41, 5.74) is 8.92. The predicted molar refractivity (Wildman–Crippen MR) is 141 cm³/mol. The van der Waals surface area contributed by atoms with Crippen molar-refractivity contribution in [2.45, 2.75) is 43.8 Å². The van der Waals surface area contributed by atoms with Gasteiger partial charge < -0.3 is 20.9 Å². The Kier molecular flexibility index (Phi) is 6.95. The fraction of sp³-hybridized carbons (Fsp3) is 0.300. The highest BCUT2D eigenvalue weighted by atomic mass is 16.2. The third-order valence-electron chi connectivity index (χ3n) is 7.69. The Bertz CT molecular complexity index is 1270. The molecular weight excluding hydrogens is 464 g/mol. The zero-order valence-corrected chi connectivity index (χ0v) is 20.8. The van der Waals surface area contributed by atoms with E-state index in [1.807, 2.05) is 83.8 Å². The molecule has 0 aliphatic carbocycles. The maximum Gasteiger partial charge on any atom is 0.314 e. The number of fused-ring (bicyclic) bond motifs is 2. The molecule has 0 radical (unpaired) electrons. The maximum atomic E-state index is 13.9. The van der Waals surface area contributed by atoms with E-state index in [9.17, 15) is 14.4 Å². The summed E-state index contributed by atoms with van der Waals surface area (Å²) in [6, 6.07) is 26.4. The van der Waals surface area contributed by atoms with Crippen LogP contribution < -0.4 is 11.1 Å². The van der Waals surface area contributed by atoms with E-state index in [1.165, 1.54) is 0 Å². The van der Waals surface area contributed by atoms with Gasteiger partial charge in [-0.15, -0.1) is 0 Å². The number of primary amides is 1. The smallest absolute Gasteiger partial charge is 0.314 e. The highest BCUT2D eigenvalue weighted by molar-refractivity contribution is 5.91. The molecule has 7 heteroatoms. The van der Waals surface area contributed by atoms with Crippen LogP contribution in [0.2, 0.25) is 0 Å². The summed E-state index contributed by atoms with van der Waals surface area (Å²) in [6.45, 7) is 1.24. The van der Waals surface area contributed by atoms with Crippen LogP contribution in [0.25, 0.3) is 0 Å². The van der Waals surface area contributed by atoms with E-state index in [4.69, 9.17) is 5.73 Å². The Labute approximate surface area is 217 Å². The van der Waals surface area contributed by atoms with Gasteiger partial charge in [-0.1, -0.05) is 84.9 Å². The number of likely N-dealkylation sites (tertiary alicyclic amines) is 1. The molecule has 0 unspecified atom stereocenters. The molecule has 0 saturated carbocycles. The Hall–Kier alpha value is -4.13. The summed E-state index contributed by atoms with van der Waals surface area (Å²) in [6.07, 6.45) is 1.69. The van der Waals surface area contributed by atoms with Crippen molar-refractivity contribution in [3.05, 3.63) is 107 Å². The fourth-order valence-corrected chi connectivity index (χ4v) is 5.87. The molecule has 37 heavy (non-hydrogen) atoms. The second kappa shape index (κ2) is 10.5. The van der Waals surface area contributed by atoms with E-state index >= 15 is 0 Å². The van der Waals surface area contributed by atoms with Crippen molar-refractivity contribution in [1.82, 2.24) is 15.1 Å². The van der Waals surface area contributed by atoms with Crippen LogP contribution in [0.5, 0.6) is 0 Å². The van der Waals surface area contributed by atoms with Gasteiger partial charge in [-0.2, -0.15) is 0 Å². The highest BCUT2D eigenvalue weighted by Gasteiger charge is 2.51. The van der Waals surface area contributed by atoms with E-state index in [0.717, 1.165) is 22.3 Å². The topological polar surface area (TPSA) is 95.7 Å². The van der Waals surface area contributed by atoms with Crippen molar-refractivity contribution < 1.29 is 14.4 Å². The molecule has 7 nitrogen and oxygen atoms in total. The molecule has 1 fully saturated rings. The third-order valence-corrected chi connectivity index (χ3v) is 7.69. The normalized spacial score (nSPS) is 17.2. The second-order valence-electron chi connectivity index (χ2n) is 9.86. The van der Waals surface area contributed by atoms with Crippen molar-refractivity contribution >= 4 is 17.8 Å². The van der Waals surface area contributed by atoms with E-state index in [2.05, 4.69) is 11.4 Å². The average molecular weight is 497 g/mol. The van der Waals surface area contributed by atoms with Crippen molar-refractivity contribution in [3.8, 4) is 0 Å². The average Bonchev–Trinajstić information content (AvgIpc) is 2.92. The van der Waals surface area contributed by atoms with Gasteiger partial charge in [-0.25, -0.2) is 4.79 Å². The van der Waals surface area contributed by atoms with Crippen LogP contribution in [0.3, 0.4) is 0 Å². The maximum absolute atomic E-state index is 13.9. The van der Waals surface area contributed by atoms with Crippen LogP contribution in [-0.4, -0.2) is 46.8 Å². The second-order valence-corrected chi connectivity index (χ2v) is 9.86. The molecule has 2 aliphatic rings. The predicted octanol–water partition coefficient (Wildman–Crippen LogP) is 3.37. The van der Waals surface area contributed by atoms with E-state index in [1.54, 1.807) is 4.90 Å². The van der Waals surface area contributed by atoms with E-state index < -0.39 is 17.6 Å². The van der Waals surface area contributed by atoms with E-state index in [-0.39, 0.29) is 18.2 Å². The number of amides is 4. The molecule has 3 aromatic carbocycles. The quantitative estimate of drug-likeness (QED) is 0.548. The van der Waals surface area contributed by atoms with Gasteiger partial charge in [0.15, 0.2) is 0 Å². The molecule has 1 atom stereocenters. The molecule has 0 aromatic heterocycles. The van der Waals surface area contributed by atoms with E-state index in [0.29, 0.717) is 38.9 Å². The molecule has 4 amide bonds. The van der Waals surface area contributed by atoms with Crippen LogP contribution in [-0.2, 0) is 34.5 Å². The standard InChI is InChI=1S/C30H32N4O3/c31-29(37)33-17-15-30(16-18-33)25-14-8-7-13-24(25)20-27(35)34(30)26(19-22-9-3-1-4-10-22)28(36)32-21-23-11-5-2-6-12-23/h1-14,26H,15-21H2,(H2,31,37)(H,32,36)/t26-/m0/s1. The molecule has 1 saturated heterocycles. The van der Waals surface area contributed by atoms with Crippen molar-refractivity contribution in [3.63, 3.8) is 0 Å². The lowest BCUT2D eigenvalue weighted by molar-refractivity contribution is -0.152. The van der Waals surface area contributed by atoms with Crippen molar-refractivity contribution in [1.29, 1.82) is 0 Å². The number of hydrogen-bond acceptors (Lipinski definition) is 3. The van der Waals surface area contributed by atoms with Crippen LogP contribution in [0, 0.1) is 0 Å². The molecule has 2 heterocycles. The number of benzene rings is 3. The molecule has 5 rings (SSSR count). The van der Waals surface area contributed by atoms with Gasteiger partial charge in [-0.05, 0) is 35.1 Å². The number of carbonyl (C=O) groups excluding carboxylic acids is 3. The number of hydrogen-bond donors (Lipinski definition) is 2. The third kappa shape index (κ3) is 4.94. The van der Waals surface area contributed by atoms with Crippen LogP contribution in [0.1, 0.15) is 35.1 Å². The minimum atomic E-state index is -0.702. The molecule has 3 aromatic rings. The van der Waals surface area contributed by atoms with Gasteiger partial charge in [0.2, 0.25) is 11.8 Å². The lowest BCUT2D eigenvalue weighted by Crippen LogP contribution is -2.65. The number of nitrogens with one attached hydrogen (secondary N) is 1. The summed E-state index contributed by atoms with van der Waals surface area (Å²) in [7, 11) is 0. The van der Waals surface area contributed by atoms with Crippen molar-refractivity contribution in [2.75, 3.05) is 13.1 Å². The molecular formula is C30H32N4O3. The Morgan fingerprint density at radius 3 is 2.11 bits per heavy atom. The van der Waals surface area contributed by atoms with Crippen LogP contribution in [0.4, 0.5) is 4.79 Å². The molecule has 3 N–H and O–H groups in total. The first-order valence-corrected chi connectivity index (χ1v) is 12.8. The van der Waals surface area contributed by atoms with Gasteiger partial charge >= 0.3 is 6.03 Å². The first-order valence-electron chi connectivity index (χ1n) is 12.8. The number of nitrogens with zero attached hydrogens (tertiary/aromatic N) is 2. The Morgan fingerprint density at radius 1 is 0.865 bits per heavy atom. The fourth-order valence-electron chi connectivity index (χ4n) is 5.87. The molecule has 2 aliphatic heterocycles. The van der Waals surface area contributed by atoms with Gasteiger partial charge in [0, 0.05) is 26.1 Å². The first-order chi connectivity index (χ1) is 18.0. The zero-order valence-electron chi connectivity index (χ0n) is 20.8. The van der Waals surface area contributed by atoms with Gasteiger partial charge in [-0.3, -0.25) is 9.59 Å². The number of urea groups is 1. The van der Waals surface area contributed by atoms with Crippen LogP contribution in [0.15, 0.2) is 84.9 Å². The van der Waals surface area contributed by atoms with Crippen molar-refractivity contribution in [2.24, 2.45) is 5.73 Å². The van der Waals surface area contributed by atoms with Gasteiger partial charge in [0.1, 0.15) is 6.04 Å². The first kappa shape index (κ1) is 24.6. The molecule has 0 bridgehead atoms. The number of carbonyl (C=O) groups is 3. The largest absolute Gasteiger partial charge is 0.351 e. The summed E-state index contributed by atoms with van der Waals surface area (Å²) in [5, 5.41) is 3.09. The summed E-state index contributed by atoms with van der Waals surface area (Å²) < 4.78 is 0. The summed E-state index contributed by atoms with van der Waals surface area (Å²) in [4.78, 5) is 43.2. The van der Waals surface area contributed by atoms with Gasteiger partial charge in [0.25, 0.3) is 0 Å². The van der Waals surface area contributed by atoms with Gasteiger partial charge in [0.05, 0.1) is 12.0 Å². The molecule has 1 spiro atoms. The van der Waals surface area contributed by atoms with Crippen LogP contribution >= 0.6 is 0 Å². The Balaban J connectivity index is 1.54.